The molecule has 0 radical (unpaired) electrons. The maximum Gasteiger partial charge on any atom is 0.222 e. The first-order chi connectivity index (χ1) is 6.81. The maximum absolute atomic E-state index is 11.0. The van der Waals surface area contributed by atoms with Crippen LogP contribution in [0, 0.1) is 0 Å². The van der Waals surface area contributed by atoms with Crippen LogP contribution in [0.3, 0.4) is 0 Å². The van der Waals surface area contributed by atoms with E-state index in [1.165, 1.54) is 0 Å². The van der Waals surface area contributed by atoms with Gasteiger partial charge in [-0.15, -0.1) is 0 Å². The van der Waals surface area contributed by atoms with Gasteiger partial charge in [0.1, 0.15) is 0 Å². The van der Waals surface area contributed by atoms with Crippen molar-refractivity contribution in [2.75, 3.05) is 40.1 Å². The number of hydrogen-bond acceptors (Lipinski definition) is 4. The molecule has 5 nitrogen and oxygen atoms in total. The zero-order valence-corrected chi connectivity index (χ0v) is 8.62. The molecule has 0 aliphatic carbocycles. The quantitative estimate of drug-likeness (QED) is 0.500. The summed E-state index contributed by atoms with van der Waals surface area (Å²) in [6.07, 6.45) is 1.16. The summed E-state index contributed by atoms with van der Waals surface area (Å²) in [7, 11) is 1.57. The van der Waals surface area contributed by atoms with Crippen LogP contribution in [0.25, 0.3) is 0 Å². The van der Waals surface area contributed by atoms with Crippen molar-refractivity contribution in [3.63, 3.8) is 0 Å². The molecule has 0 fully saturated rings. The number of hydrogen-bond donors (Lipinski definition) is 2. The van der Waals surface area contributed by atoms with E-state index in [0.717, 1.165) is 6.42 Å². The molecule has 14 heavy (non-hydrogen) atoms. The van der Waals surface area contributed by atoms with Crippen LogP contribution < -0.4 is 5.32 Å². The highest BCUT2D eigenvalue weighted by atomic mass is 16.5. The molecular formula is C9H19NO4. The first-order valence-electron chi connectivity index (χ1n) is 4.75. The average Bonchev–Trinajstić information content (AvgIpc) is 2.20. The molecule has 0 unspecified atom stereocenters. The van der Waals surface area contributed by atoms with Crippen molar-refractivity contribution < 1.29 is 19.4 Å². The van der Waals surface area contributed by atoms with Gasteiger partial charge in [0.05, 0.1) is 19.8 Å². The smallest absolute Gasteiger partial charge is 0.222 e. The number of rotatable bonds is 9. The number of carbonyl (C=O) groups excluding carboxylic acids is 1. The van der Waals surface area contributed by atoms with Crippen LogP contribution in [0.15, 0.2) is 0 Å². The van der Waals surface area contributed by atoms with Crippen LogP contribution in [0.2, 0.25) is 0 Å². The summed E-state index contributed by atoms with van der Waals surface area (Å²) < 4.78 is 9.78. The van der Waals surface area contributed by atoms with Gasteiger partial charge in [-0.1, -0.05) is 0 Å². The molecule has 2 N–H and O–H groups in total. The van der Waals surface area contributed by atoms with Gasteiger partial charge in [0.2, 0.25) is 5.91 Å². The van der Waals surface area contributed by atoms with Crippen molar-refractivity contribution in [1.29, 1.82) is 0 Å². The topological polar surface area (TPSA) is 67.8 Å². The highest BCUT2D eigenvalue weighted by Gasteiger charge is 1.98. The Bertz CT molecular complexity index is 141. The van der Waals surface area contributed by atoms with E-state index < -0.39 is 0 Å². The zero-order chi connectivity index (χ0) is 10.6. The van der Waals surface area contributed by atoms with E-state index in [9.17, 15) is 4.79 Å². The molecule has 0 saturated carbocycles. The lowest BCUT2D eigenvalue weighted by atomic mass is 10.4. The minimum atomic E-state index is -0.00555. The highest BCUT2D eigenvalue weighted by Crippen LogP contribution is 1.83. The summed E-state index contributed by atoms with van der Waals surface area (Å²) in [6, 6.07) is 0. The van der Waals surface area contributed by atoms with E-state index in [0.29, 0.717) is 32.8 Å². The molecule has 0 aromatic heterocycles. The Hall–Kier alpha value is -0.650. The fourth-order valence-corrected chi connectivity index (χ4v) is 0.852. The van der Waals surface area contributed by atoms with Crippen LogP contribution in [-0.2, 0) is 14.3 Å². The molecule has 0 aliphatic rings. The predicted molar refractivity (Wildman–Crippen MR) is 52.0 cm³/mol. The molecule has 0 spiro atoms. The molecule has 1 amide bonds. The number of nitrogens with one attached hydrogen (secondary N) is 1. The molecule has 0 saturated heterocycles. The normalized spacial score (nSPS) is 10.1. The van der Waals surface area contributed by atoms with Crippen LogP contribution in [0.4, 0.5) is 0 Å². The Kier molecular flexibility index (Phi) is 9.95. The van der Waals surface area contributed by atoms with Crippen LogP contribution in [-0.4, -0.2) is 51.1 Å². The Morgan fingerprint density at radius 2 is 2.14 bits per heavy atom. The zero-order valence-electron chi connectivity index (χ0n) is 8.62. The monoisotopic (exact) mass is 205 g/mol. The number of carbonyl (C=O) groups is 1. The van der Waals surface area contributed by atoms with Crippen molar-refractivity contribution in [1.82, 2.24) is 5.32 Å². The lowest BCUT2D eigenvalue weighted by Crippen LogP contribution is -2.26. The average molecular weight is 205 g/mol. The molecule has 0 rings (SSSR count). The summed E-state index contributed by atoms with van der Waals surface area (Å²) in [6.45, 7) is 2.02. The molecule has 0 aromatic carbocycles. The van der Waals surface area contributed by atoms with E-state index in [1.807, 2.05) is 0 Å². The first kappa shape index (κ1) is 13.4. The number of amides is 1. The van der Waals surface area contributed by atoms with E-state index >= 15 is 0 Å². The third-order valence-electron chi connectivity index (χ3n) is 1.56. The lowest BCUT2D eigenvalue weighted by Gasteiger charge is -2.04. The maximum atomic E-state index is 11.0. The van der Waals surface area contributed by atoms with E-state index in [1.54, 1.807) is 7.11 Å². The van der Waals surface area contributed by atoms with Gasteiger partial charge in [0, 0.05) is 26.7 Å². The summed E-state index contributed by atoms with van der Waals surface area (Å²) in [5.41, 5.74) is 0. The molecule has 0 atom stereocenters. The van der Waals surface area contributed by atoms with Crippen molar-refractivity contribution in [3.8, 4) is 0 Å². The Balaban J connectivity index is 3.07. The van der Waals surface area contributed by atoms with Gasteiger partial charge in [0.25, 0.3) is 0 Å². The Morgan fingerprint density at radius 3 is 2.79 bits per heavy atom. The van der Waals surface area contributed by atoms with Crippen LogP contribution in [0.1, 0.15) is 12.8 Å². The second-order valence-corrected chi connectivity index (χ2v) is 2.78. The van der Waals surface area contributed by atoms with E-state index in [2.05, 4.69) is 5.32 Å². The van der Waals surface area contributed by atoms with Gasteiger partial charge in [-0.25, -0.2) is 0 Å². The first-order valence-corrected chi connectivity index (χ1v) is 4.75. The Morgan fingerprint density at radius 1 is 1.36 bits per heavy atom. The number of methoxy groups -OCH3 is 1. The molecule has 84 valence electrons. The summed E-state index contributed by atoms with van der Waals surface area (Å²) >= 11 is 0. The van der Waals surface area contributed by atoms with Crippen molar-refractivity contribution in [2.45, 2.75) is 12.8 Å². The van der Waals surface area contributed by atoms with Gasteiger partial charge >= 0.3 is 0 Å². The minimum absolute atomic E-state index is 0.00555. The Labute approximate surface area is 84.4 Å². The predicted octanol–water partition coefficient (Wildman–Crippen LogP) is -0.462. The van der Waals surface area contributed by atoms with Gasteiger partial charge in [-0.2, -0.15) is 0 Å². The van der Waals surface area contributed by atoms with Crippen molar-refractivity contribution in [2.24, 2.45) is 0 Å². The van der Waals surface area contributed by atoms with E-state index in [4.69, 9.17) is 14.6 Å². The van der Waals surface area contributed by atoms with Gasteiger partial charge in [-0.05, 0) is 6.42 Å². The number of ether oxygens (including phenoxy) is 2. The molecular weight excluding hydrogens is 186 g/mol. The van der Waals surface area contributed by atoms with Crippen molar-refractivity contribution in [3.05, 3.63) is 0 Å². The molecule has 5 heteroatoms. The second-order valence-electron chi connectivity index (χ2n) is 2.78. The fraction of sp³-hybridized carbons (Fsp3) is 0.889. The number of aliphatic hydroxyl groups excluding tert-OH is 1. The lowest BCUT2D eigenvalue weighted by molar-refractivity contribution is -0.122. The molecule has 0 heterocycles. The number of aliphatic hydroxyl groups is 1. The molecule has 0 aliphatic heterocycles. The minimum Gasteiger partial charge on any atom is -0.394 e. The standard InChI is InChI=1S/C9H19NO4/c1-13-7-3-9(12)10-4-2-6-14-8-5-11/h11H,2-8H2,1H3,(H,10,12). The van der Waals surface area contributed by atoms with Crippen LogP contribution in [0.5, 0.6) is 0 Å². The van der Waals surface area contributed by atoms with Gasteiger partial charge < -0.3 is 19.9 Å². The molecule has 0 bridgehead atoms. The van der Waals surface area contributed by atoms with Gasteiger partial charge in [0.15, 0.2) is 0 Å². The SMILES string of the molecule is COCCC(=O)NCCCOCCO. The second kappa shape index (κ2) is 10.4. The fourth-order valence-electron chi connectivity index (χ4n) is 0.852. The van der Waals surface area contributed by atoms with E-state index in [-0.39, 0.29) is 12.5 Å². The summed E-state index contributed by atoms with van der Waals surface area (Å²) in [5, 5.41) is 11.1. The van der Waals surface area contributed by atoms with Crippen molar-refractivity contribution >= 4 is 5.91 Å². The third kappa shape index (κ3) is 9.44. The largest absolute Gasteiger partial charge is 0.394 e. The van der Waals surface area contributed by atoms with Gasteiger partial charge in [-0.3, -0.25) is 4.79 Å². The summed E-state index contributed by atoms with van der Waals surface area (Å²) in [5.74, 6) is -0.00555. The van der Waals surface area contributed by atoms with Crippen LogP contribution >= 0.6 is 0 Å². The molecule has 0 aromatic rings. The highest BCUT2D eigenvalue weighted by molar-refractivity contribution is 5.75. The third-order valence-corrected chi connectivity index (χ3v) is 1.56. The summed E-state index contributed by atoms with van der Waals surface area (Å²) in [4.78, 5) is 11.0.